The van der Waals surface area contributed by atoms with Gasteiger partial charge in [-0.05, 0) is 38.6 Å². The maximum Gasteiger partial charge on any atom is 0.245 e. The number of nitrogens with zero attached hydrogens (tertiary/aromatic N) is 2. The van der Waals surface area contributed by atoms with Crippen molar-refractivity contribution in [3.05, 3.63) is 26.7 Å². The molecule has 0 saturated carbocycles. The molecule has 1 fully saturated rings. The van der Waals surface area contributed by atoms with Crippen molar-refractivity contribution in [1.82, 2.24) is 9.21 Å². The fourth-order valence-corrected chi connectivity index (χ4v) is 5.62. The predicted molar refractivity (Wildman–Crippen MR) is 89.6 cm³/mol. The molecule has 0 amide bonds. The standard InChI is InChI=1S/C13H17BrCl2N2O2S/c1-17-5-3-4-10(17)8-18(2)21(19,20)13-11(15)6-9(14)7-12(13)16/h6-7,10H,3-5,8H2,1-2H3. The Morgan fingerprint density at radius 3 is 2.43 bits per heavy atom. The molecule has 0 aromatic heterocycles. The van der Waals surface area contributed by atoms with Crippen LogP contribution >= 0.6 is 39.1 Å². The van der Waals surface area contributed by atoms with Crippen molar-refractivity contribution in [3.63, 3.8) is 0 Å². The molecule has 21 heavy (non-hydrogen) atoms. The van der Waals surface area contributed by atoms with Crippen molar-refractivity contribution >= 4 is 49.2 Å². The van der Waals surface area contributed by atoms with Gasteiger partial charge in [-0.15, -0.1) is 0 Å². The molecule has 1 unspecified atom stereocenters. The van der Waals surface area contributed by atoms with E-state index >= 15 is 0 Å². The third kappa shape index (κ3) is 3.74. The second-order valence-corrected chi connectivity index (χ2v) is 8.97. The van der Waals surface area contributed by atoms with Gasteiger partial charge in [0.25, 0.3) is 0 Å². The lowest BCUT2D eigenvalue weighted by Crippen LogP contribution is -2.39. The van der Waals surface area contributed by atoms with Gasteiger partial charge >= 0.3 is 0 Å². The Hall–Kier alpha value is 0.150. The Bertz CT molecular complexity index is 616. The van der Waals surface area contributed by atoms with Crippen molar-refractivity contribution in [2.45, 2.75) is 23.8 Å². The van der Waals surface area contributed by atoms with Crippen LogP contribution in [0.15, 0.2) is 21.5 Å². The summed E-state index contributed by atoms with van der Waals surface area (Å²) in [5.41, 5.74) is 0. The summed E-state index contributed by atoms with van der Waals surface area (Å²) in [7, 11) is -0.129. The molecule has 0 N–H and O–H groups in total. The zero-order valence-corrected chi connectivity index (χ0v) is 15.7. The van der Waals surface area contributed by atoms with Crippen molar-refractivity contribution in [2.75, 3.05) is 27.2 Å². The topological polar surface area (TPSA) is 40.6 Å². The third-order valence-electron chi connectivity index (χ3n) is 3.77. The molecule has 0 spiro atoms. The highest BCUT2D eigenvalue weighted by molar-refractivity contribution is 9.10. The quantitative estimate of drug-likeness (QED) is 0.755. The normalized spacial score (nSPS) is 20.4. The molecule has 0 aliphatic carbocycles. The predicted octanol–water partition coefficient (Wildman–Crippen LogP) is 3.47. The first-order chi connectivity index (χ1) is 9.73. The molecule has 118 valence electrons. The SMILES string of the molecule is CN1CCCC1CN(C)S(=O)(=O)c1c(Cl)cc(Br)cc1Cl. The second kappa shape index (κ2) is 6.72. The Morgan fingerprint density at radius 2 is 1.95 bits per heavy atom. The second-order valence-electron chi connectivity index (χ2n) is 5.26. The molecule has 0 bridgehead atoms. The maximum atomic E-state index is 12.7. The van der Waals surface area contributed by atoms with Gasteiger partial charge in [-0.1, -0.05) is 39.1 Å². The van der Waals surface area contributed by atoms with Crippen molar-refractivity contribution in [3.8, 4) is 0 Å². The summed E-state index contributed by atoms with van der Waals surface area (Å²) in [6.07, 6.45) is 2.09. The summed E-state index contributed by atoms with van der Waals surface area (Å²) in [6, 6.07) is 3.31. The first kappa shape index (κ1) is 17.5. The van der Waals surface area contributed by atoms with Crippen LogP contribution in [0, 0.1) is 0 Å². The zero-order chi connectivity index (χ0) is 15.8. The number of likely N-dealkylation sites (tertiary alicyclic amines) is 1. The van der Waals surface area contributed by atoms with Crippen LogP contribution in [0.3, 0.4) is 0 Å². The fraction of sp³-hybridized carbons (Fsp3) is 0.538. The molecular weight excluding hydrogens is 399 g/mol. The molecule has 2 rings (SSSR count). The number of likely N-dealkylation sites (N-methyl/N-ethyl adjacent to an activating group) is 2. The van der Waals surface area contributed by atoms with Crippen LogP contribution in [0.1, 0.15) is 12.8 Å². The molecule has 1 atom stereocenters. The van der Waals surface area contributed by atoms with Crippen molar-refractivity contribution in [2.24, 2.45) is 0 Å². The zero-order valence-electron chi connectivity index (χ0n) is 11.8. The van der Waals surface area contributed by atoms with Gasteiger partial charge < -0.3 is 4.90 Å². The highest BCUT2D eigenvalue weighted by Crippen LogP contribution is 2.34. The summed E-state index contributed by atoms with van der Waals surface area (Å²) in [4.78, 5) is 2.15. The Kier molecular flexibility index (Phi) is 5.60. The molecule has 4 nitrogen and oxygen atoms in total. The molecule has 1 aliphatic heterocycles. The summed E-state index contributed by atoms with van der Waals surface area (Å²) >= 11 is 15.4. The van der Waals surface area contributed by atoms with Gasteiger partial charge in [0.2, 0.25) is 10.0 Å². The number of rotatable bonds is 4. The number of halogens is 3. The van der Waals surface area contributed by atoms with Gasteiger partial charge in [-0.25, -0.2) is 8.42 Å². The Morgan fingerprint density at radius 1 is 1.38 bits per heavy atom. The van der Waals surface area contributed by atoms with Crippen LogP contribution in [0.25, 0.3) is 0 Å². The molecular formula is C13H17BrCl2N2O2S. The minimum Gasteiger partial charge on any atom is -0.302 e. The third-order valence-corrected chi connectivity index (χ3v) is 6.97. The van der Waals surface area contributed by atoms with Crippen molar-refractivity contribution in [1.29, 1.82) is 0 Å². The molecule has 0 radical (unpaired) electrons. The maximum absolute atomic E-state index is 12.7. The average molecular weight is 416 g/mol. The van der Waals surface area contributed by atoms with E-state index in [9.17, 15) is 8.42 Å². The highest BCUT2D eigenvalue weighted by atomic mass is 79.9. The number of hydrogen-bond acceptors (Lipinski definition) is 3. The van der Waals surface area contributed by atoms with E-state index in [1.807, 2.05) is 7.05 Å². The van der Waals surface area contributed by atoms with E-state index in [4.69, 9.17) is 23.2 Å². The summed E-state index contributed by atoms with van der Waals surface area (Å²) in [5, 5.41) is 0.252. The number of sulfonamides is 1. The van der Waals surface area contributed by atoms with E-state index in [0.29, 0.717) is 11.0 Å². The van der Waals surface area contributed by atoms with E-state index in [2.05, 4.69) is 20.8 Å². The summed E-state index contributed by atoms with van der Waals surface area (Å²) in [5.74, 6) is 0. The largest absolute Gasteiger partial charge is 0.302 e. The molecule has 1 aliphatic rings. The molecule has 1 saturated heterocycles. The monoisotopic (exact) mass is 414 g/mol. The molecule has 1 heterocycles. The fourth-order valence-electron chi connectivity index (χ4n) is 2.54. The van der Waals surface area contributed by atoms with Gasteiger partial charge in [0.05, 0.1) is 10.0 Å². The molecule has 1 aromatic carbocycles. The van der Waals surface area contributed by atoms with Gasteiger partial charge in [0.1, 0.15) is 4.90 Å². The van der Waals surface area contributed by atoms with E-state index in [-0.39, 0.29) is 21.0 Å². The first-order valence-electron chi connectivity index (χ1n) is 6.54. The Labute approximate surface area is 144 Å². The molecule has 1 aromatic rings. The highest BCUT2D eigenvalue weighted by Gasteiger charge is 2.31. The minimum absolute atomic E-state index is 0.0304. The summed E-state index contributed by atoms with van der Waals surface area (Å²) in [6.45, 7) is 1.43. The smallest absolute Gasteiger partial charge is 0.245 e. The lowest BCUT2D eigenvalue weighted by Gasteiger charge is -2.26. The van der Waals surface area contributed by atoms with Crippen LogP contribution < -0.4 is 0 Å². The van der Waals surface area contributed by atoms with Crippen LogP contribution in [0.4, 0.5) is 0 Å². The van der Waals surface area contributed by atoms with Crippen LogP contribution in [-0.4, -0.2) is 50.8 Å². The van der Waals surface area contributed by atoms with E-state index < -0.39 is 10.0 Å². The lowest BCUT2D eigenvalue weighted by atomic mass is 10.2. The van der Waals surface area contributed by atoms with Gasteiger partial charge in [-0.2, -0.15) is 4.31 Å². The van der Waals surface area contributed by atoms with Gasteiger partial charge in [0.15, 0.2) is 0 Å². The average Bonchev–Trinajstić information content (AvgIpc) is 2.73. The lowest BCUT2D eigenvalue weighted by molar-refractivity contribution is 0.271. The van der Waals surface area contributed by atoms with Crippen LogP contribution in [0.2, 0.25) is 10.0 Å². The van der Waals surface area contributed by atoms with Crippen LogP contribution in [-0.2, 0) is 10.0 Å². The number of hydrogen-bond donors (Lipinski definition) is 0. The summed E-state index contributed by atoms with van der Waals surface area (Å²) < 4.78 is 27.4. The Balaban J connectivity index is 2.29. The van der Waals surface area contributed by atoms with E-state index in [1.165, 1.54) is 16.4 Å². The van der Waals surface area contributed by atoms with Crippen LogP contribution in [0.5, 0.6) is 0 Å². The first-order valence-corrected chi connectivity index (χ1v) is 9.53. The van der Waals surface area contributed by atoms with E-state index in [0.717, 1.165) is 19.4 Å². The molecule has 8 heteroatoms. The van der Waals surface area contributed by atoms with Gasteiger partial charge in [0, 0.05) is 24.1 Å². The minimum atomic E-state index is -3.71. The van der Waals surface area contributed by atoms with E-state index in [1.54, 1.807) is 7.05 Å². The van der Waals surface area contributed by atoms with Crippen molar-refractivity contribution < 1.29 is 8.42 Å². The number of benzene rings is 1. The van der Waals surface area contributed by atoms with Gasteiger partial charge in [-0.3, -0.25) is 0 Å².